The number of carbonyl (C=O) groups is 2. The van der Waals surface area contributed by atoms with Crippen molar-refractivity contribution in [2.24, 2.45) is 5.73 Å². The molecule has 3 aromatic rings. The molecule has 0 atom stereocenters. The Morgan fingerprint density at radius 2 is 1.52 bits per heavy atom. The maximum absolute atomic E-state index is 13.4. The number of hydrogen-bond donors (Lipinski definition) is 4. The van der Waals surface area contributed by atoms with Crippen molar-refractivity contribution in [3.63, 3.8) is 0 Å². The molecule has 0 aromatic heterocycles. The van der Waals surface area contributed by atoms with Crippen LogP contribution in [0.1, 0.15) is 15.9 Å². The van der Waals surface area contributed by atoms with Crippen LogP contribution in [-0.2, 0) is 10.0 Å². The van der Waals surface area contributed by atoms with E-state index in [1.807, 2.05) is 0 Å². The molecule has 3 amide bonds. The predicted octanol–water partition coefficient (Wildman–Crippen LogP) is 3.68. The van der Waals surface area contributed by atoms with E-state index in [4.69, 9.17) is 5.73 Å². The van der Waals surface area contributed by atoms with Crippen molar-refractivity contribution in [1.29, 1.82) is 0 Å². The van der Waals surface area contributed by atoms with Gasteiger partial charge < -0.3 is 16.4 Å². The monoisotopic (exact) mass is 442 g/mol. The highest BCUT2D eigenvalue weighted by Gasteiger charge is 2.16. The maximum Gasteiger partial charge on any atom is 0.316 e. The van der Waals surface area contributed by atoms with E-state index in [2.05, 4.69) is 15.4 Å². The van der Waals surface area contributed by atoms with E-state index in [9.17, 15) is 22.4 Å². The average molecular weight is 442 g/mol. The number of halogens is 1. The number of anilines is 3. The van der Waals surface area contributed by atoms with Crippen molar-refractivity contribution in [3.05, 3.63) is 83.7 Å². The molecule has 0 aliphatic carbocycles. The Hall–Kier alpha value is -3.92. The second-order valence-corrected chi connectivity index (χ2v) is 8.30. The smallest absolute Gasteiger partial charge is 0.316 e. The number of nitrogens with two attached hydrogens (primary N) is 1. The number of aryl methyl sites for hydroxylation is 1. The molecule has 160 valence electrons. The van der Waals surface area contributed by atoms with E-state index < -0.39 is 27.8 Å². The Morgan fingerprint density at radius 1 is 0.871 bits per heavy atom. The molecule has 0 saturated heterocycles. The summed E-state index contributed by atoms with van der Waals surface area (Å²) in [4.78, 5) is 23.3. The predicted molar refractivity (Wildman–Crippen MR) is 116 cm³/mol. The van der Waals surface area contributed by atoms with Crippen LogP contribution in [0.2, 0.25) is 0 Å². The average Bonchev–Trinajstić information content (AvgIpc) is 2.70. The Bertz CT molecular complexity index is 1240. The minimum atomic E-state index is -3.91. The summed E-state index contributed by atoms with van der Waals surface area (Å²) in [6.45, 7) is 1.47. The van der Waals surface area contributed by atoms with Gasteiger partial charge in [0.15, 0.2) is 0 Å². The van der Waals surface area contributed by atoms with Crippen molar-refractivity contribution in [2.45, 2.75) is 11.8 Å². The van der Waals surface area contributed by atoms with Gasteiger partial charge in [-0.15, -0.1) is 0 Å². The first-order valence-corrected chi connectivity index (χ1v) is 10.5. The molecule has 0 fully saturated rings. The van der Waals surface area contributed by atoms with Gasteiger partial charge in [0.1, 0.15) is 5.82 Å². The molecule has 0 spiro atoms. The van der Waals surface area contributed by atoms with Crippen LogP contribution in [0.3, 0.4) is 0 Å². The lowest BCUT2D eigenvalue weighted by atomic mass is 10.2. The van der Waals surface area contributed by atoms with Crippen LogP contribution in [0.25, 0.3) is 0 Å². The molecular formula is C21H19FN4O4S. The Kier molecular flexibility index (Phi) is 6.21. The Morgan fingerprint density at radius 3 is 2.13 bits per heavy atom. The number of sulfonamides is 1. The summed E-state index contributed by atoms with van der Waals surface area (Å²) in [5.41, 5.74) is 6.67. The quantitative estimate of drug-likeness (QED) is 0.464. The minimum absolute atomic E-state index is 0.0716. The van der Waals surface area contributed by atoms with E-state index in [-0.39, 0.29) is 21.7 Å². The molecule has 0 aliphatic rings. The van der Waals surface area contributed by atoms with E-state index in [0.29, 0.717) is 11.4 Å². The van der Waals surface area contributed by atoms with Crippen molar-refractivity contribution < 1.29 is 22.4 Å². The summed E-state index contributed by atoms with van der Waals surface area (Å²) in [5.74, 6) is -0.926. The molecule has 0 radical (unpaired) electrons. The normalized spacial score (nSPS) is 10.9. The minimum Gasteiger partial charge on any atom is -0.351 e. The van der Waals surface area contributed by atoms with Gasteiger partial charge in [0, 0.05) is 22.6 Å². The highest BCUT2D eigenvalue weighted by Crippen LogP contribution is 2.20. The Balaban J connectivity index is 1.70. The van der Waals surface area contributed by atoms with Crippen molar-refractivity contribution in [1.82, 2.24) is 0 Å². The van der Waals surface area contributed by atoms with Crippen molar-refractivity contribution >= 4 is 39.0 Å². The maximum atomic E-state index is 13.4. The number of benzene rings is 3. The number of nitrogens with one attached hydrogen (secondary N) is 3. The third kappa shape index (κ3) is 5.58. The first-order chi connectivity index (χ1) is 14.6. The van der Waals surface area contributed by atoms with Gasteiger partial charge in [-0.2, -0.15) is 0 Å². The van der Waals surface area contributed by atoms with Crippen molar-refractivity contribution in [3.8, 4) is 0 Å². The van der Waals surface area contributed by atoms with Gasteiger partial charge in [-0.3, -0.25) is 9.52 Å². The molecule has 31 heavy (non-hydrogen) atoms. The fourth-order valence-corrected chi connectivity index (χ4v) is 3.85. The van der Waals surface area contributed by atoms with Gasteiger partial charge in [0.05, 0.1) is 4.90 Å². The van der Waals surface area contributed by atoms with Crippen LogP contribution < -0.4 is 21.1 Å². The number of rotatable bonds is 6. The number of hydrogen-bond acceptors (Lipinski definition) is 4. The largest absolute Gasteiger partial charge is 0.351 e. The van der Waals surface area contributed by atoms with Crippen LogP contribution in [0, 0.1) is 12.7 Å². The number of primary amides is 1. The van der Waals surface area contributed by atoms with E-state index >= 15 is 0 Å². The summed E-state index contributed by atoms with van der Waals surface area (Å²) in [5, 5.41) is 5.08. The van der Waals surface area contributed by atoms with Gasteiger partial charge in [-0.05, 0) is 73.2 Å². The van der Waals surface area contributed by atoms with Crippen LogP contribution in [0.15, 0.2) is 71.6 Å². The van der Waals surface area contributed by atoms with Gasteiger partial charge >= 0.3 is 6.03 Å². The third-order valence-corrected chi connectivity index (χ3v) is 5.61. The number of carbonyl (C=O) groups excluding carboxylic acids is 2. The fraction of sp³-hybridized carbons (Fsp3) is 0.0476. The topological polar surface area (TPSA) is 130 Å². The SMILES string of the molecule is Cc1cc(S(=O)(=O)Nc2ccc(C(=O)Nc3cccc(NC(N)=O)c3)cc2)ccc1F. The van der Waals surface area contributed by atoms with Gasteiger partial charge in [0.25, 0.3) is 15.9 Å². The first kappa shape index (κ1) is 21.8. The van der Waals surface area contributed by atoms with Crippen LogP contribution in [0.4, 0.5) is 26.2 Å². The van der Waals surface area contributed by atoms with Gasteiger partial charge in [0.2, 0.25) is 0 Å². The molecule has 0 bridgehead atoms. The second-order valence-electron chi connectivity index (χ2n) is 6.62. The molecule has 0 saturated carbocycles. The zero-order valence-corrected chi connectivity index (χ0v) is 17.2. The summed E-state index contributed by atoms with van der Waals surface area (Å²) in [6, 6.07) is 15.0. The molecule has 10 heteroatoms. The molecular weight excluding hydrogens is 423 g/mol. The fourth-order valence-electron chi connectivity index (χ4n) is 2.71. The standard InChI is InChI=1S/C21H19FN4O4S/c1-13-11-18(9-10-19(13)22)31(29,30)26-15-7-5-14(6-8-15)20(27)24-16-3-2-4-17(12-16)25-21(23)28/h2-12,26H,1H3,(H,24,27)(H3,23,25,28). The second kappa shape index (κ2) is 8.84. The molecule has 5 N–H and O–H groups in total. The lowest BCUT2D eigenvalue weighted by molar-refractivity contribution is 0.102. The molecule has 0 aliphatic heterocycles. The number of urea groups is 1. The van der Waals surface area contributed by atoms with E-state index in [1.54, 1.807) is 18.2 Å². The van der Waals surface area contributed by atoms with E-state index in [1.165, 1.54) is 49.4 Å². The number of amides is 3. The van der Waals surface area contributed by atoms with Gasteiger partial charge in [-0.25, -0.2) is 17.6 Å². The Labute approximate surface area is 178 Å². The lowest BCUT2D eigenvalue weighted by Gasteiger charge is -2.10. The van der Waals surface area contributed by atoms with Crippen LogP contribution in [-0.4, -0.2) is 20.4 Å². The van der Waals surface area contributed by atoms with Gasteiger partial charge in [-0.1, -0.05) is 6.07 Å². The first-order valence-electron chi connectivity index (χ1n) is 9.01. The molecule has 0 unspecified atom stereocenters. The molecule has 3 aromatic carbocycles. The highest BCUT2D eigenvalue weighted by molar-refractivity contribution is 7.92. The molecule has 8 nitrogen and oxygen atoms in total. The molecule has 3 rings (SSSR count). The van der Waals surface area contributed by atoms with Crippen LogP contribution >= 0.6 is 0 Å². The van der Waals surface area contributed by atoms with Crippen molar-refractivity contribution in [2.75, 3.05) is 15.4 Å². The summed E-state index contributed by atoms with van der Waals surface area (Å²) < 4.78 is 40.7. The zero-order valence-electron chi connectivity index (χ0n) is 16.3. The highest BCUT2D eigenvalue weighted by atomic mass is 32.2. The summed E-state index contributed by atoms with van der Waals surface area (Å²) in [6.07, 6.45) is 0. The lowest BCUT2D eigenvalue weighted by Crippen LogP contribution is -2.19. The zero-order chi connectivity index (χ0) is 22.6. The van der Waals surface area contributed by atoms with Crippen LogP contribution in [0.5, 0.6) is 0 Å². The third-order valence-electron chi connectivity index (χ3n) is 4.23. The molecule has 0 heterocycles. The summed E-state index contributed by atoms with van der Waals surface area (Å²) in [7, 11) is -3.91. The van der Waals surface area contributed by atoms with E-state index in [0.717, 1.165) is 6.07 Å². The summed E-state index contributed by atoms with van der Waals surface area (Å²) >= 11 is 0.